The van der Waals surface area contributed by atoms with Crippen LogP contribution in [-0.2, 0) is 4.74 Å². The molecule has 0 unspecified atom stereocenters. The van der Waals surface area contributed by atoms with E-state index in [0.717, 1.165) is 24.6 Å². The van der Waals surface area contributed by atoms with Gasteiger partial charge >= 0.3 is 0 Å². The number of morpholine rings is 1. The van der Waals surface area contributed by atoms with Crippen molar-refractivity contribution in [2.24, 2.45) is 0 Å². The summed E-state index contributed by atoms with van der Waals surface area (Å²) in [6, 6.07) is 14.9. The maximum atomic E-state index is 13.1. The van der Waals surface area contributed by atoms with Gasteiger partial charge in [-0.2, -0.15) is 5.10 Å². The number of ether oxygens (including phenoxy) is 2. The third-order valence-electron chi connectivity index (χ3n) is 6.02. The Morgan fingerprint density at radius 3 is 2.41 bits per heavy atom. The minimum atomic E-state index is -0.325. The fourth-order valence-electron chi connectivity index (χ4n) is 4.15. The zero-order valence-corrected chi connectivity index (χ0v) is 18.8. The number of piperazine rings is 1. The maximum Gasteiger partial charge on any atom is 0.254 e. The molecule has 0 saturated carbocycles. The van der Waals surface area contributed by atoms with Crippen molar-refractivity contribution in [3.05, 3.63) is 72.2 Å². The molecule has 3 heterocycles. The Morgan fingerprint density at radius 2 is 1.65 bits per heavy atom. The van der Waals surface area contributed by atoms with Gasteiger partial charge in [0.25, 0.3) is 5.91 Å². The first-order chi connectivity index (χ1) is 16.7. The molecule has 2 aliphatic rings. The van der Waals surface area contributed by atoms with Crippen LogP contribution in [0.15, 0.2) is 60.8 Å². The number of halogens is 1. The molecule has 0 spiro atoms. The van der Waals surface area contributed by atoms with Crippen molar-refractivity contribution in [2.75, 3.05) is 62.3 Å². The third-order valence-corrected chi connectivity index (χ3v) is 6.02. The predicted molar refractivity (Wildman–Crippen MR) is 126 cm³/mol. The van der Waals surface area contributed by atoms with Gasteiger partial charge in [0.05, 0.1) is 25.1 Å². The molecule has 1 amide bonds. The summed E-state index contributed by atoms with van der Waals surface area (Å²) in [5.41, 5.74) is 1.60. The number of carbonyl (C=O) groups is 1. The lowest BCUT2D eigenvalue weighted by molar-refractivity contribution is 0.0746. The standard InChI is InChI=1S/C25H26FN5O3/c26-20-4-6-22(7-5-20)34-23-3-1-2-19(16-23)25(32)31-10-8-30(9-11-31)24-17-21(18-27-28-24)29-12-14-33-15-13-29/h1-7,16-18H,8-15H2. The van der Waals surface area contributed by atoms with E-state index in [1.165, 1.54) is 12.1 Å². The molecule has 0 bridgehead atoms. The smallest absolute Gasteiger partial charge is 0.254 e. The Morgan fingerprint density at radius 1 is 0.882 bits per heavy atom. The van der Waals surface area contributed by atoms with Crippen LogP contribution < -0.4 is 14.5 Å². The highest BCUT2D eigenvalue weighted by molar-refractivity contribution is 5.94. The molecular weight excluding hydrogens is 437 g/mol. The SMILES string of the molecule is O=C(c1cccc(Oc2ccc(F)cc2)c1)N1CCN(c2cc(N3CCOCC3)cnn2)CC1. The van der Waals surface area contributed by atoms with Crippen molar-refractivity contribution in [3.8, 4) is 11.5 Å². The second-order valence-electron chi connectivity index (χ2n) is 8.23. The highest BCUT2D eigenvalue weighted by atomic mass is 19.1. The highest BCUT2D eigenvalue weighted by Gasteiger charge is 2.24. The largest absolute Gasteiger partial charge is 0.457 e. The van der Waals surface area contributed by atoms with Crippen LogP contribution in [0.5, 0.6) is 11.5 Å². The van der Waals surface area contributed by atoms with Gasteiger partial charge in [0, 0.05) is 50.9 Å². The number of benzene rings is 2. The topological polar surface area (TPSA) is 71.0 Å². The average Bonchev–Trinajstić information content (AvgIpc) is 2.90. The predicted octanol–water partition coefficient (Wildman–Crippen LogP) is 3.21. The first-order valence-electron chi connectivity index (χ1n) is 11.4. The third kappa shape index (κ3) is 5.09. The number of hydrogen-bond acceptors (Lipinski definition) is 7. The van der Waals surface area contributed by atoms with Crippen molar-refractivity contribution < 1.29 is 18.7 Å². The summed E-state index contributed by atoms with van der Waals surface area (Å²) in [5, 5.41) is 8.51. The second-order valence-corrected chi connectivity index (χ2v) is 8.23. The molecule has 2 saturated heterocycles. The van der Waals surface area contributed by atoms with Gasteiger partial charge in [0.2, 0.25) is 0 Å². The molecule has 2 aliphatic heterocycles. The molecule has 0 N–H and O–H groups in total. The average molecular weight is 464 g/mol. The first-order valence-corrected chi connectivity index (χ1v) is 11.4. The van der Waals surface area contributed by atoms with E-state index in [9.17, 15) is 9.18 Å². The first kappa shape index (κ1) is 22.1. The fraction of sp³-hybridized carbons (Fsp3) is 0.320. The van der Waals surface area contributed by atoms with Gasteiger partial charge in [-0.25, -0.2) is 4.39 Å². The minimum Gasteiger partial charge on any atom is -0.457 e. The van der Waals surface area contributed by atoms with Crippen LogP contribution >= 0.6 is 0 Å². The zero-order valence-electron chi connectivity index (χ0n) is 18.8. The summed E-state index contributed by atoms with van der Waals surface area (Å²) in [6.45, 7) is 5.66. The number of nitrogens with zero attached hydrogens (tertiary/aromatic N) is 5. The van der Waals surface area contributed by atoms with Gasteiger partial charge in [-0.15, -0.1) is 5.10 Å². The Kier molecular flexibility index (Phi) is 6.53. The van der Waals surface area contributed by atoms with Gasteiger partial charge in [0.1, 0.15) is 17.3 Å². The molecule has 34 heavy (non-hydrogen) atoms. The number of anilines is 2. The molecule has 5 rings (SSSR count). The summed E-state index contributed by atoms with van der Waals surface area (Å²) in [7, 11) is 0. The molecule has 0 atom stereocenters. The summed E-state index contributed by atoms with van der Waals surface area (Å²) in [5.74, 6) is 1.50. The Labute approximate surface area is 197 Å². The van der Waals surface area contributed by atoms with E-state index in [1.807, 2.05) is 4.90 Å². The van der Waals surface area contributed by atoms with Crippen molar-refractivity contribution in [1.29, 1.82) is 0 Å². The van der Waals surface area contributed by atoms with Gasteiger partial charge in [0.15, 0.2) is 5.82 Å². The molecule has 8 nitrogen and oxygen atoms in total. The number of hydrogen-bond donors (Lipinski definition) is 0. The lowest BCUT2D eigenvalue weighted by Gasteiger charge is -2.36. The monoisotopic (exact) mass is 463 g/mol. The van der Waals surface area contributed by atoms with E-state index in [0.29, 0.717) is 56.5 Å². The molecule has 0 aliphatic carbocycles. The molecule has 9 heteroatoms. The summed E-state index contributed by atoms with van der Waals surface area (Å²) >= 11 is 0. The van der Waals surface area contributed by atoms with Crippen LogP contribution in [0.3, 0.4) is 0 Å². The molecule has 176 valence electrons. The van der Waals surface area contributed by atoms with E-state index in [4.69, 9.17) is 9.47 Å². The van der Waals surface area contributed by atoms with Crippen molar-refractivity contribution in [3.63, 3.8) is 0 Å². The lowest BCUT2D eigenvalue weighted by atomic mass is 10.1. The highest BCUT2D eigenvalue weighted by Crippen LogP contribution is 2.24. The van der Waals surface area contributed by atoms with Gasteiger partial charge in [-0.05, 0) is 42.5 Å². The molecular formula is C25H26FN5O3. The van der Waals surface area contributed by atoms with Crippen LogP contribution in [0.25, 0.3) is 0 Å². The Bertz CT molecular complexity index is 1130. The Hall–Kier alpha value is -3.72. The summed E-state index contributed by atoms with van der Waals surface area (Å²) in [6.07, 6.45) is 1.79. The van der Waals surface area contributed by atoms with Crippen LogP contribution in [-0.4, -0.2) is 73.5 Å². The van der Waals surface area contributed by atoms with Gasteiger partial charge < -0.3 is 24.2 Å². The van der Waals surface area contributed by atoms with Gasteiger partial charge in [-0.3, -0.25) is 4.79 Å². The van der Waals surface area contributed by atoms with Crippen LogP contribution in [0.4, 0.5) is 15.9 Å². The van der Waals surface area contributed by atoms with Crippen molar-refractivity contribution in [2.45, 2.75) is 0 Å². The van der Waals surface area contributed by atoms with Crippen LogP contribution in [0.1, 0.15) is 10.4 Å². The number of rotatable bonds is 5. The minimum absolute atomic E-state index is 0.0441. The van der Waals surface area contributed by atoms with Crippen molar-refractivity contribution >= 4 is 17.4 Å². The number of aromatic nitrogens is 2. The van der Waals surface area contributed by atoms with Crippen LogP contribution in [0, 0.1) is 5.82 Å². The molecule has 2 aromatic carbocycles. The maximum absolute atomic E-state index is 13.1. The Balaban J connectivity index is 1.20. The fourth-order valence-corrected chi connectivity index (χ4v) is 4.15. The van der Waals surface area contributed by atoms with Crippen LogP contribution in [0.2, 0.25) is 0 Å². The quantitative estimate of drug-likeness (QED) is 0.576. The zero-order chi connectivity index (χ0) is 23.3. The number of carbonyl (C=O) groups excluding carboxylic acids is 1. The van der Waals surface area contributed by atoms with Gasteiger partial charge in [-0.1, -0.05) is 6.07 Å². The number of amides is 1. The van der Waals surface area contributed by atoms with E-state index in [1.54, 1.807) is 42.6 Å². The van der Waals surface area contributed by atoms with E-state index in [2.05, 4.69) is 26.1 Å². The van der Waals surface area contributed by atoms with E-state index in [-0.39, 0.29) is 11.7 Å². The van der Waals surface area contributed by atoms with Crippen molar-refractivity contribution in [1.82, 2.24) is 15.1 Å². The molecule has 1 aromatic heterocycles. The normalized spacial score (nSPS) is 16.4. The molecule has 0 radical (unpaired) electrons. The van der Waals surface area contributed by atoms with E-state index >= 15 is 0 Å². The molecule has 2 fully saturated rings. The van der Waals surface area contributed by atoms with E-state index < -0.39 is 0 Å². The summed E-state index contributed by atoms with van der Waals surface area (Å²) < 4.78 is 24.3. The second kappa shape index (κ2) is 10.0. The summed E-state index contributed by atoms with van der Waals surface area (Å²) in [4.78, 5) is 19.4. The molecule has 3 aromatic rings. The lowest BCUT2D eigenvalue weighted by Crippen LogP contribution is -2.49.